The number of hydrogen-bond acceptors (Lipinski definition) is 2. The molecule has 0 heterocycles. The Labute approximate surface area is 75.2 Å². The molecule has 0 rings (SSSR count). The van der Waals surface area contributed by atoms with Crippen molar-refractivity contribution in [2.45, 2.75) is 6.92 Å². The number of rotatable bonds is 5. The molecule has 0 aromatic heterocycles. The minimum absolute atomic E-state index is 0.513. The first-order valence-corrected chi connectivity index (χ1v) is 4.22. The van der Waals surface area contributed by atoms with Crippen LogP contribution in [0.4, 0.5) is 0 Å². The Morgan fingerprint density at radius 1 is 1.42 bits per heavy atom. The minimum atomic E-state index is 0.513. The highest BCUT2D eigenvalue weighted by Crippen LogP contribution is 1.91. The van der Waals surface area contributed by atoms with Crippen LogP contribution in [0, 0.1) is 5.41 Å². The van der Waals surface area contributed by atoms with E-state index >= 15 is 0 Å². The molecule has 0 aromatic carbocycles. The molecule has 0 spiro atoms. The average molecular weight is 169 g/mol. The van der Waals surface area contributed by atoms with Crippen molar-refractivity contribution in [2.24, 2.45) is 0 Å². The van der Waals surface area contributed by atoms with Crippen LogP contribution < -0.4 is 0 Å². The fourth-order valence-corrected chi connectivity index (χ4v) is 0.899. The summed E-state index contributed by atoms with van der Waals surface area (Å²) in [7, 11) is 4.07. The Hall–Kier alpha value is -0.830. The lowest BCUT2D eigenvalue weighted by molar-refractivity contribution is 0.337. The van der Waals surface area contributed by atoms with Crippen molar-refractivity contribution in [3.63, 3.8) is 0 Å². The summed E-state index contributed by atoms with van der Waals surface area (Å²) < 4.78 is 0. The number of likely N-dealkylation sites (N-methyl/N-ethyl adjacent to an activating group) is 2. The van der Waals surface area contributed by atoms with Crippen molar-refractivity contribution in [3.8, 4) is 0 Å². The van der Waals surface area contributed by atoms with Gasteiger partial charge in [-0.1, -0.05) is 6.58 Å². The van der Waals surface area contributed by atoms with Crippen molar-refractivity contribution >= 4 is 5.84 Å². The number of amidine groups is 1. The molecule has 0 unspecified atom stereocenters. The van der Waals surface area contributed by atoms with Gasteiger partial charge < -0.3 is 9.80 Å². The maximum Gasteiger partial charge on any atom is 0.120 e. The molecule has 0 saturated carbocycles. The molecule has 0 aliphatic carbocycles. The standard InChI is InChI=1S/C9H19N3/c1-5-9(10)12(6-2)8-7-11(3)4/h5,10H,1,6-8H2,2-4H3. The zero-order chi connectivity index (χ0) is 9.56. The maximum absolute atomic E-state index is 7.53. The summed E-state index contributed by atoms with van der Waals surface area (Å²) in [5, 5.41) is 7.53. The minimum Gasteiger partial charge on any atom is -0.356 e. The molecule has 0 radical (unpaired) electrons. The predicted molar refractivity (Wildman–Crippen MR) is 53.7 cm³/mol. The zero-order valence-corrected chi connectivity index (χ0v) is 8.30. The molecule has 12 heavy (non-hydrogen) atoms. The number of nitrogens with zero attached hydrogens (tertiary/aromatic N) is 2. The fourth-order valence-electron chi connectivity index (χ4n) is 0.899. The van der Waals surface area contributed by atoms with E-state index in [0.29, 0.717) is 5.84 Å². The van der Waals surface area contributed by atoms with E-state index < -0.39 is 0 Å². The molecule has 0 atom stereocenters. The monoisotopic (exact) mass is 169 g/mol. The lowest BCUT2D eigenvalue weighted by Gasteiger charge is -2.23. The summed E-state index contributed by atoms with van der Waals surface area (Å²) in [5.74, 6) is 0.513. The van der Waals surface area contributed by atoms with Gasteiger partial charge in [-0.3, -0.25) is 5.41 Å². The van der Waals surface area contributed by atoms with Crippen molar-refractivity contribution in [1.29, 1.82) is 5.41 Å². The van der Waals surface area contributed by atoms with E-state index in [2.05, 4.69) is 11.5 Å². The van der Waals surface area contributed by atoms with Gasteiger partial charge in [-0.25, -0.2) is 0 Å². The Balaban J connectivity index is 3.83. The third-order valence-electron chi connectivity index (χ3n) is 1.73. The molecule has 3 nitrogen and oxygen atoms in total. The second-order valence-corrected chi connectivity index (χ2v) is 2.97. The van der Waals surface area contributed by atoms with Gasteiger partial charge in [0, 0.05) is 19.6 Å². The van der Waals surface area contributed by atoms with Crippen LogP contribution in [0.2, 0.25) is 0 Å². The maximum atomic E-state index is 7.53. The van der Waals surface area contributed by atoms with Gasteiger partial charge in [-0.15, -0.1) is 0 Å². The molecule has 0 aliphatic rings. The van der Waals surface area contributed by atoms with Crippen LogP contribution in [0.25, 0.3) is 0 Å². The summed E-state index contributed by atoms with van der Waals surface area (Å²) in [5.41, 5.74) is 0. The SMILES string of the molecule is C=CC(=N)N(CC)CCN(C)C. The van der Waals surface area contributed by atoms with E-state index in [1.807, 2.05) is 25.9 Å². The first kappa shape index (κ1) is 11.2. The average Bonchev–Trinajstić information content (AvgIpc) is 2.04. The molecule has 0 aromatic rings. The highest BCUT2D eigenvalue weighted by Gasteiger charge is 2.03. The van der Waals surface area contributed by atoms with Crippen LogP contribution in [0.5, 0.6) is 0 Å². The lowest BCUT2D eigenvalue weighted by atomic mass is 10.4. The summed E-state index contributed by atoms with van der Waals surface area (Å²) in [4.78, 5) is 4.10. The van der Waals surface area contributed by atoms with E-state index in [1.54, 1.807) is 6.08 Å². The van der Waals surface area contributed by atoms with Crippen LogP contribution in [0.3, 0.4) is 0 Å². The molecule has 1 N–H and O–H groups in total. The summed E-state index contributed by atoms with van der Waals surface area (Å²) in [6.07, 6.45) is 1.58. The largest absolute Gasteiger partial charge is 0.356 e. The molecular weight excluding hydrogens is 150 g/mol. The van der Waals surface area contributed by atoms with Crippen LogP contribution in [0.1, 0.15) is 6.92 Å². The third-order valence-corrected chi connectivity index (χ3v) is 1.73. The second kappa shape index (κ2) is 5.77. The van der Waals surface area contributed by atoms with E-state index in [9.17, 15) is 0 Å². The van der Waals surface area contributed by atoms with Gasteiger partial charge >= 0.3 is 0 Å². The fraction of sp³-hybridized carbons (Fsp3) is 0.667. The molecule has 0 amide bonds. The quantitative estimate of drug-likeness (QED) is 0.492. The normalized spacial score (nSPS) is 10.0. The van der Waals surface area contributed by atoms with Crippen LogP contribution in [0.15, 0.2) is 12.7 Å². The number of hydrogen-bond donors (Lipinski definition) is 1. The first-order valence-electron chi connectivity index (χ1n) is 4.22. The lowest BCUT2D eigenvalue weighted by Crippen LogP contribution is -2.35. The van der Waals surface area contributed by atoms with Gasteiger partial charge in [0.15, 0.2) is 0 Å². The Kier molecular flexibility index (Phi) is 5.37. The molecule has 3 heteroatoms. The third kappa shape index (κ3) is 4.13. The molecule has 70 valence electrons. The van der Waals surface area contributed by atoms with Gasteiger partial charge in [-0.05, 0) is 27.1 Å². The van der Waals surface area contributed by atoms with E-state index in [4.69, 9.17) is 5.41 Å². The molecule has 0 fully saturated rings. The van der Waals surface area contributed by atoms with E-state index in [0.717, 1.165) is 19.6 Å². The topological polar surface area (TPSA) is 30.3 Å². The van der Waals surface area contributed by atoms with Gasteiger partial charge in [0.2, 0.25) is 0 Å². The molecular formula is C9H19N3. The van der Waals surface area contributed by atoms with Crippen LogP contribution in [-0.4, -0.2) is 49.4 Å². The van der Waals surface area contributed by atoms with E-state index in [-0.39, 0.29) is 0 Å². The van der Waals surface area contributed by atoms with Crippen molar-refractivity contribution in [1.82, 2.24) is 9.80 Å². The summed E-state index contributed by atoms with van der Waals surface area (Å²) >= 11 is 0. The van der Waals surface area contributed by atoms with E-state index in [1.165, 1.54) is 0 Å². The van der Waals surface area contributed by atoms with Gasteiger partial charge in [0.25, 0.3) is 0 Å². The second-order valence-electron chi connectivity index (χ2n) is 2.97. The summed E-state index contributed by atoms with van der Waals surface area (Å²) in [6, 6.07) is 0. The van der Waals surface area contributed by atoms with Crippen molar-refractivity contribution in [2.75, 3.05) is 33.7 Å². The summed E-state index contributed by atoms with van der Waals surface area (Å²) in [6.45, 7) is 8.37. The van der Waals surface area contributed by atoms with Gasteiger partial charge in [0.1, 0.15) is 5.84 Å². The highest BCUT2D eigenvalue weighted by atomic mass is 15.2. The Bertz CT molecular complexity index is 152. The smallest absolute Gasteiger partial charge is 0.120 e. The van der Waals surface area contributed by atoms with Crippen LogP contribution in [-0.2, 0) is 0 Å². The van der Waals surface area contributed by atoms with Crippen molar-refractivity contribution < 1.29 is 0 Å². The molecule has 0 bridgehead atoms. The molecule has 0 aliphatic heterocycles. The first-order chi connectivity index (χ1) is 5.61. The number of nitrogens with one attached hydrogen (secondary N) is 1. The predicted octanol–water partition coefficient (Wildman–Crippen LogP) is 1.03. The zero-order valence-electron chi connectivity index (χ0n) is 8.30. The van der Waals surface area contributed by atoms with Crippen LogP contribution >= 0.6 is 0 Å². The van der Waals surface area contributed by atoms with Gasteiger partial charge in [-0.2, -0.15) is 0 Å². The molecule has 0 saturated heterocycles. The van der Waals surface area contributed by atoms with Gasteiger partial charge in [0.05, 0.1) is 0 Å². The van der Waals surface area contributed by atoms with Crippen molar-refractivity contribution in [3.05, 3.63) is 12.7 Å². The highest BCUT2D eigenvalue weighted by molar-refractivity contribution is 5.89. The Morgan fingerprint density at radius 2 is 2.00 bits per heavy atom. The Morgan fingerprint density at radius 3 is 2.33 bits per heavy atom.